The van der Waals surface area contributed by atoms with Crippen LogP contribution < -0.4 is 15.4 Å². The van der Waals surface area contributed by atoms with E-state index < -0.39 is 0 Å². The van der Waals surface area contributed by atoms with Crippen molar-refractivity contribution in [2.24, 2.45) is 16.1 Å². The zero-order valence-electron chi connectivity index (χ0n) is 12.5. The Bertz CT molecular complexity index is 535. The van der Waals surface area contributed by atoms with Crippen LogP contribution in [-0.2, 0) is 0 Å². The first-order valence-electron chi connectivity index (χ1n) is 7.24. The maximum atomic E-state index is 6.20. The van der Waals surface area contributed by atoms with Gasteiger partial charge < -0.3 is 15.4 Å². The first kappa shape index (κ1) is 13.3. The highest BCUT2D eigenvalue weighted by Gasteiger charge is 2.56. The van der Waals surface area contributed by atoms with Gasteiger partial charge in [0.25, 0.3) is 0 Å². The Kier molecular flexibility index (Phi) is 2.92. The van der Waals surface area contributed by atoms with E-state index in [-0.39, 0.29) is 11.0 Å². The summed E-state index contributed by atoms with van der Waals surface area (Å²) < 4.78 is 5.24. The van der Waals surface area contributed by atoms with Crippen LogP contribution in [0.4, 0.5) is 5.69 Å². The lowest BCUT2D eigenvalue weighted by Crippen LogP contribution is -2.57. The van der Waals surface area contributed by atoms with Crippen molar-refractivity contribution in [1.82, 2.24) is 0 Å². The predicted octanol–water partition coefficient (Wildman–Crippen LogP) is 2.78. The molecule has 1 fully saturated rings. The monoisotopic (exact) mass is 273 g/mol. The van der Waals surface area contributed by atoms with E-state index in [1.54, 1.807) is 7.11 Å². The largest absolute Gasteiger partial charge is 0.497 e. The summed E-state index contributed by atoms with van der Waals surface area (Å²) in [4.78, 5) is 6.81. The molecule has 20 heavy (non-hydrogen) atoms. The van der Waals surface area contributed by atoms with Crippen LogP contribution in [-0.4, -0.2) is 25.2 Å². The highest BCUT2D eigenvalue weighted by atomic mass is 16.5. The van der Waals surface area contributed by atoms with E-state index >= 15 is 0 Å². The molecule has 0 amide bonds. The van der Waals surface area contributed by atoms with E-state index in [0.29, 0.717) is 5.96 Å². The maximum absolute atomic E-state index is 6.20. The molecule has 0 aromatic heterocycles. The summed E-state index contributed by atoms with van der Waals surface area (Å²) in [7, 11) is 1.68. The molecule has 1 aromatic rings. The normalized spacial score (nSPS) is 27.9. The summed E-state index contributed by atoms with van der Waals surface area (Å²) in [6, 6.07) is 8.11. The van der Waals surface area contributed by atoms with E-state index in [9.17, 15) is 0 Å². The van der Waals surface area contributed by atoms with Gasteiger partial charge in [0.15, 0.2) is 5.96 Å². The van der Waals surface area contributed by atoms with E-state index in [1.165, 1.54) is 12.8 Å². The number of methoxy groups -OCH3 is 1. The molecule has 1 aliphatic heterocycles. The fraction of sp³-hybridized carbons (Fsp3) is 0.562. The summed E-state index contributed by atoms with van der Waals surface area (Å²) in [5.41, 5.74) is 7.57. The van der Waals surface area contributed by atoms with Gasteiger partial charge in [-0.1, -0.05) is 20.3 Å². The van der Waals surface area contributed by atoms with Gasteiger partial charge in [-0.3, -0.25) is 4.99 Å². The molecular formula is C16H23N3O. The predicted molar refractivity (Wildman–Crippen MR) is 82.3 cm³/mol. The van der Waals surface area contributed by atoms with Gasteiger partial charge in [-0.15, -0.1) is 0 Å². The number of nitrogens with zero attached hydrogens (tertiary/aromatic N) is 2. The molecule has 1 unspecified atom stereocenters. The Balaban J connectivity index is 2.02. The van der Waals surface area contributed by atoms with Crippen molar-refractivity contribution >= 4 is 11.6 Å². The van der Waals surface area contributed by atoms with Crippen LogP contribution in [0.5, 0.6) is 5.75 Å². The molecule has 0 saturated heterocycles. The summed E-state index contributed by atoms with van der Waals surface area (Å²) in [6.07, 6.45) is 3.61. The van der Waals surface area contributed by atoms with Crippen molar-refractivity contribution in [3.63, 3.8) is 0 Å². The third kappa shape index (κ3) is 1.70. The molecule has 2 aliphatic rings. The zero-order valence-corrected chi connectivity index (χ0v) is 12.5. The molecule has 1 saturated carbocycles. The van der Waals surface area contributed by atoms with Crippen LogP contribution in [0, 0.1) is 5.41 Å². The Morgan fingerprint density at radius 1 is 1.20 bits per heavy atom. The minimum Gasteiger partial charge on any atom is -0.497 e. The highest BCUT2D eigenvalue weighted by molar-refractivity contribution is 5.98. The lowest BCUT2D eigenvalue weighted by atomic mass is 9.74. The van der Waals surface area contributed by atoms with E-state index in [4.69, 9.17) is 10.5 Å². The minimum absolute atomic E-state index is 0.0334. The van der Waals surface area contributed by atoms with Crippen LogP contribution in [0.15, 0.2) is 29.3 Å². The van der Waals surface area contributed by atoms with Gasteiger partial charge in [0.1, 0.15) is 5.75 Å². The second-order valence-corrected chi connectivity index (χ2v) is 6.48. The molecule has 108 valence electrons. The molecule has 2 N–H and O–H groups in total. The fourth-order valence-electron chi connectivity index (χ4n) is 3.78. The van der Waals surface area contributed by atoms with Crippen molar-refractivity contribution in [1.29, 1.82) is 0 Å². The van der Waals surface area contributed by atoms with E-state index in [2.05, 4.69) is 35.9 Å². The average Bonchev–Trinajstić information content (AvgIpc) is 2.92. The molecule has 1 aromatic carbocycles. The van der Waals surface area contributed by atoms with Gasteiger partial charge in [0, 0.05) is 5.69 Å². The standard InChI is InChI=1S/C16H23N3O/c1-15(2)9-4-10-16(15)11-18-14(17)19(16)12-5-7-13(20-3)8-6-12/h5-8H,4,9-11H2,1-3H3,(H2,17,18). The maximum Gasteiger partial charge on any atom is 0.196 e. The molecule has 1 aliphatic carbocycles. The molecule has 4 heteroatoms. The summed E-state index contributed by atoms with van der Waals surface area (Å²) in [6.45, 7) is 5.48. The van der Waals surface area contributed by atoms with E-state index in [0.717, 1.165) is 24.4 Å². The Morgan fingerprint density at radius 2 is 1.90 bits per heavy atom. The van der Waals surface area contributed by atoms with Gasteiger partial charge in [0.05, 0.1) is 19.2 Å². The first-order valence-corrected chi connectivity index (χ1v) is 7.24. The summed E-state index contributed by atoms with van der Waals surface area (Å²) >= 11 is 0. The van der Waals surface area contributed by atoms with Crippen LogP contribution >= 0.6 is 0 Å². The lowest BCUT2D eigenvalue weighted by Gasteiger charge is -2.45. The van der Waals surface area contributed by atoms with Crippen molar-refractivity contribution in [2.75, 3.05) is 18.6 Å². The number of guanidine groups is 1. The Labute approximate surface area is 120 Å². The van der Waals surface area contributed by atoms with Gasteiger partial charge in [0.2, 0.25) is 0 Å². The molecule has 1 spiro atoms. The first-order chi connectivity index (χ1) is 9.50. The number of benzene rings is 1. The van der Waals surface area contributed by atoms with Gasteiger partial charge >= 0.3 is 0 Å². The third-order valence-corrected chi connectivity index (χ3v) is 5.14. The minimum atomic E-state index is 0.0334. The third-order valence-electron chi connectivity index (χ3n) is 5.14. The molecular weight excluding hydrogens is 250 g/mol. The highest BCUT2D eigenvalue weighted by Crippen LogP contribution is 2.52. The Hall–Kier alpha value is -1.71. The van der Waals surface area contributed by atoms with Crippen molar-refractivity contribution in [3.8, 4) is 5.75 Å². The molecule has 0 bridgehead atoms. The number of aliphatic imine (C=N–C) groups is 1. The molecule has 0 radical (unpaired) electrons. The number of anilines is 1. The fourth-order valence-corrected chi connectivity index (χ4v) is 3.78. The second-order valence-electron chi connectivity index (χ2n) is 6.48. The number of nitrogens with two attached hydrogens (primary N) is 1. The van der Waals surface area contributed by atoms with Crippen molar-refractivity contribution < 1.29 is 4.74 Å². The Morgan fingerprint density at radius 3 is 2.45 bits per heavy atom. The van der Waals surface area contributed by atoms with Crippen LogP contribution in [0.25, 0.3) is 0 Å². The topological polar surface area (TPSA) is 50.9 Å². The van der Waals surface area contributed by atoms with Crippen LogP contribution in [0.1, 0.15) is 33.1 Å². The smallest absolute Gasteiger partial charge is 0.196 e. The van der Waals surface area contributed by atoms with Crippen molar-refractivity contribution in [3.05, 3.63) is 24.3 Å². The number of ether oxygens (including phenoxy) is 1. The second kappa shape index (κ2) is 4.40. The number of rotatable bonds is 2. The molecule has 4 nitrogen and oxygen atoms in total. The average molecular weight is 273 g/mol. The lowest BCUT2D eigenvalue weighted by molar-refractivity contribution is 0.227. The molecule has 1 atom stereocenters. The number of hydrogen-bond donors (Lipinski definition) is 1. The van der Waals surface area contributed by atoms with Crippen LogP contribution in [0.2, 0.25) is 0 Å². The summed E-state index contributed by atoms with van der Waals surface area (Å²) in [5, 5.41) is 0. The molecule has 3 rings (SSSR count). The quantitative estimate of drug-likeness (QED) is 0.901. The number of hydrogen-bond acceptors (Lipinski definition) is 4. The van der Waals surface area contributed by atoms with Crippen molar-refractivity contribution in [2.45, 2.75) is 38.6 Å². The van der Waals surface area contributed by atoms with Gasteiger partial charge in [-0.2, -0.15) is 0 Å². The summed E-state index contributed by atoms with van der Waals surface area (Å²) in [5.74, 6) is 1.51. The molecule has 1 heterocycles. The van der Waals surface area contributed by atoms with Crippen LogP contribution in [0.3, 0.4) is 0 Å². The zero-order chi connectivity index (χ0) is 14.4. The van der Waals surface area contributed by atoms with Gasteiger partial charge in [-0.05, 0) is 42.5 Å². The SMILES string of the molecule is COc1ccc(N2C(N)=NCC23CCCC3(C)C)cc1. The van der Waals surface area contributed by atoms with E-state index in [1.807, 2.05) is 12.1 Å². The van der Waals surface area contributed by atoms with Gasteiger partial charge in [-0.25, -0.2) is 0 Å².